The summed E-state index contributed by atoms with van der Waals surface area (Å²) in [6.45, 7) is 3.49. The van der Waals surface area contributed by atoms with Crippen LogP contribution in [0.5, 0.6) is 11.5 Å². The SMILES string of the molecule is CCOC1CC(NCc2ccc(OC)cc2O)C1. The zero-order valence-electron chi connectivity index (χ0n) is 11.0. The van der Waals surface area contributed by atoms with Gasteiger partial charge in [-0.05, 0) is 25.8 Å². The summed E-state index contributed by atoms with van der Waals surface area (Å²) in [7, 11) is 1.59. The van der Waals surface area contributed by atoms with Crippen molar-refractivity contribution in [1.29, 1.82) is 0 Å². The summed E-state index contributed by atoms with van der Waals surface area (Å²) >= 11 is 0. The lowest BCUT2D eigenvalue weighted by Gasteiger charge is -2.35. The Hall–Kier alpha value is -1.26. The van der Waals surface area contributed by atoms with Gasteiger partial charge in [-0.2, -0.15) is 0 Å². The fourth-order valence-corrected chi connectivity index (χ4v) is 2.18. The Morgan fingerprint density at radius 1 is 1.39 bits per heavy atom. The third-order valence-corrected chi connectivity index (χ3v) is 3.37. The average molecular weight is 251 g/mol. The second-order valence-corrected chi connectivity index (χ2v) is 4.62. The first-order valence-electron chi connectivity index (χ1n) is 6.43. The average Bonchev–Trinajstić information content (AvgIpc) is 2.33. The molecule has 2 rings (SSSR count). The molecule has 0 aromatic heterocycles. The van der Waals surface area contributed by atoms with Crippen LogP contribution >= 0.6 is 0 Å². The first kappa shape index (κ1) is 13.2. The number of nitrogens with one attached hydrogen (secondary N) is 1. The van der Waals surface area contributed by atoms with Crippen LogP contribution in [0, 0.1) is 0 Å². The molecule has 1 aliphatic carbocycles. The Balaban J connectivity index is 1.77. The Morgan fingerprint density at radius 3 is 2.78 bits per heavy atom. The highest BCUT2D eigenvalue weighted by atomic mass is 16.5. The molecule has 0 spiro atoms. The van der Waals surface area contributed by atoms with Gasteiger partial charge in [0.15, 0.2) is 0 Å². The Bertz CT molecular complexity index is 389. The first-order chi connectivity index (χ1) is 8.72. The molecule has 1 aliphatic rings. The Kier molecular flexibility index (Phi) is 4.44. The molecule has 2 N–H and O–H groups in total. The monoisotopic (exact) mass is 251 g/mol. The molecule has 1 fully saturated rings. The molecule has 4 heteroatoms. The van der Waals surface area contributed by atoms with Crippen LogP contribution in [0.15, 0.2) is 18.2 Å². The summed E-state index contributed by atoms with van der Waals surface area (Å²) in [6.07, 6.45) is 2.53. The third-order valence-electron chi connectivity index (χ3n) is 3.37. The van der Waals surface area contributed by atoms with Gasteiger partial charge in [0.25, 0.3) is 0 Å². The summed E-state index contributed by atoms with van der Waals surface area (Å²) in [5.74, 6) is 0.957. The van der Waals surface area contributed by atoms with Crippen molar-refractivity contribution >= 4 is 0 Å². The Labute approximate surface area is 108 Å². The van der Waals surface area contributed by atoms with Crippen LogP contribution in [0.25, 0.3) is 0 Å². The van der Waals surface area contributed by atoms with Gasteiger partial charge in [-0.1, -0.05) is 6.07 Å². The van der Waals surface area contributed by atoms with Crippen LogP contribution in [-0.2, 0) is 11.3 Å². The fraction of sp³-hybridized carbons (Fsp3) is 0.571. The highest BCUT2D eigenvalue weighted by molar-refractivity contribution is 5.39. The van der Waals surface area contributed by atoms with Gasteiger partial charge in [0.2, 0.25) is 0 Å². The van der Waals surface area contributed by atoms with E-state index in [2.05, 4.69) is 5.32 Å². The smallest absolute Gasteiger partial charge is 0.123 e. The third kappa shape index (κ3) is 3.15. The quantitative estimate of drug-likeness (QED) is 0.812. The normalized spacial score (nSPS) is 22.6. The van der Waals surface area contributed by atoms with Crippen LogP contribution in [0.3, 0.4) is 0 Å². The number of ether oxygens (including phenoxy) is 2. The van der Waals surface area contributed by atoms with Crippen molar-refractivity contribution in [2.45, 2.75) is 38.5 Å². The van der Waals surface area contributed by atoms with E-state index in [-0.39, 0.29) is 5.75 Å². The first-order valence-corrected chi connectivity index (χ1v) is 6.43. The molecule has 0 unspecified atom stereocenters. The molecule has 0 atom stereocenters. The standard InChI is InChI=1S/C14H21NO3/c1-3-18-13-6-11(7-13)15-9-10-4-5-12(17-2)8-14(10)16/h4-5,8,11,13,15-16H,3,6-7,9H2,1-2H3. The number of hydrogen-bond donors (Lipinski definition) is 2. The van der Waals surface area contributed by atoms with E-state index in [1.165, 1.54) is 0 Å². The maximum Gasteiger partial charge on any atom is 0.123 e. The van der Waals surface area contributed by atoms with Gasteiger partial charge in [0, 0.05) is 30.8 Å². The molecular formula is C14H21NO3. The van der Waals surface area contributed by atoms with Gasteiger partial charge < -0.3 is 19.9 Å². The largest absolute Gasteiger partial charge is 0.507 e. The zero-order chi connectivity index (χ0) is 13.0. The number of phenolic OH excluding ortho intramolecular Hbond substituents is 1. The van der Waals surface area contributed by atoms with E-state index in [0.29, 0.717) is 24.4 Å². The molecule has 0 saturated heterocycles. The molecule has 1 saturated carbocycles. The molecule has 0 bridgehead atoms. The molecule has 4 nitrogen and oxygen atoms in total. The van der Waals surface area contributed by atoms with Crippen molar-refractivity contribution in [3.05, 3.63) is 23.8 Å². The molecule has 100 valence electrons. The molecule has 1 aromatic rings. The molecule has 0 aliphatic heterocycles. The van der Waals surface area contributed by atoms with Crippen molar-refractivity contribution in [3.63, 3.8) is 0 Å². The maximum absolute atomic E-state index is 9.82. The molecular weight excluding hydrogens is 230 g/mol. The number of methoxy groups -OCH3 is 1. The summed E-state index contributed by atoms with van der Waals surface area (Å²) in [6, 6.07) is 5.89. The molecule has 0 amide bonds. The minimum atomic E-state index is 0.280. The maximum atomic E-state index is 9.82. The van der Waals surface area contributed by atoms with Gasteiger partial charge in [-0.15, -0.1) is 0 Å². The summed E-state index contributed by atoms with van der Waals surface area (Å²) in [5.41, 5.74) is 0.899. The number of rotatable bonds is 6. The van der Waals surface area contributed by atoms with Crippen LogP contribution in [0.4, 0.5) is 0 Å². The van der Waals surface area contributed by atoms with E-state index < -0.39 is 0 Å². The summed E-state index contributed by atoms with van der Waals surface area (Å²) in [4.78, 5) is 0. The zero-order valence-corrected chi connectivity index (χ0v) is 11.0. The van der Waals surface area contributed by atoms with Crippen molar-refractivity contribution in [1.82, 2.24) is 5.32 Å². The molecule has 18 heavy (non-hydrogen) atoms. The van der Waals surface area contributed by atoms with Crippen LogP contribution in [0.1, 0.15) is 25.3 Å². The Morgan fingerprint density at radius 2 is 2.17 bits per heavy atom. The lowest BCUT2D eigenvalue weighted by molar-refractivity contribution is -0.0102. The van der Waals surface area contributed by atoms with E-state index in [4.69, 9.17) is 9.47 Å². The van der Waals surface area contributed by atoms with Crippen molar-refractivity contribution in [3.8, 4) is 11.5 Å². The second kappa shape index (κ2) is 6.07. The predicted octanol–water partition coefficient (Wildman–Crippen LogP) is 2.06. The lowest BCUT2D eigenvalue weighted by Crippen LogP contribution is -2.45. The fourth-order valence-electron chi connectivity index (χ4n) is 2.18. The highest BCUT2D eigenvalue weighted by Crippen LogP contribution is 2.26. The van der Waals surface area contributed by atoms with Gasteiger partial charge in [-0.25, -0.2) is 0 Å². The van der Waals surface area contributed by atoms with Crippen LogP contribution in [0.2, 0.25) is 0 Å². The number of phenols is 1. The van der Waals surface area contributed by atoms with E-state index in [9.17, 15) is 5.11 Å². The van der Waals surface area contributed by atoms with Crippen LogP contribution < -0.4 is 10.1 Å². The molecule has 1 aromatic carbocycles. The number of benzene rings is 1. The van der Waals surface area contributed by atoms with Gasteiger partial charge in [-0.3, -0.25) is 0 Å². The highest BCUT2D eigenvalue weighted by Gasteiger charge is 2.28. The number of aromatic hydroxyl groups is 1. The van der Waals surface area contributed by atoms with Crippen LogP contribution in [-0.4, -0.2) is 31.0 Å². The molecule has 0 radical (unpaired) electrons. The minimum Gasteiger partial charge on any atom is -0.507 e. The molecule has 0 heterocycles. The number of hydrogen-bond acceptors (Lipinski definition) is 4. The van der Waals surface area contributed by atoms with E-state index in [0.717, 1.165) is 25.0 Å². The lowest BCUT2D eigenvalue weighted by atomic mass is 9.89. The minimum absolute atomic E-state index is 0.280. The van der Waals surface area contributed by atoms with Crippen molar-refractivity contribution in [2.24, 2.45) is 0 Å². The predicted molar refractivity (Wildman–Crippen MR) is 69.9 cm³/mol. The van der Waals surface area contributed by atoms with E-state index in [1.54, 1.807) is 13.2 Å². The second-order valence-electron chi connectivity index (χ2n) is 4.62. The van der Waals surface area contributed by atoms with Gasteiger partial charge >= 0.3 is 0 Å². The van der Waals surface area contributed by atoms with Crippen molar-refractivity contribution in [2.75, 3.05) is 13.7 Å². The van der Waals surface area contributed by atoms with E-state index in [1.807, 2.05) is 19.1 Å². The van der Waals surface area contributed by atoms with Gasteiger partial charge in [0.1, 0.15) is 11.5 Å². The summed E-state index contributed by atoms with van der Waals surface area (Å²) in [5, 5.41) is 13.2. The van der Waals surface area contributed by atoms with E-state index >= 15 is 0 Å². The van der Waals surface area contributed by atoms with Gasteiger partial charge in [0.05, 0.1) is 13.2 Å². The topological polar surface area (TPSA) is 50.7 Å². The van der Waals surface area contributed by atoms with Crippen molar-refractivity contribution < 1.29 is 14.6 Å². The summed E-state index contributed by atoms with van der Waals surface area (Å²) < 4.78 is 10.6.